The van der Waals surface area contributed by atoms with E-state index in [1.807, 2.05) is 18.2 Å². The van der Waals surface area contributed by atoms with Gasteiger partial charge in [0.25, 0.3) is 0 Å². The van der Waals surface area contributed by atoms with Gasteiger partial charge in [0, 0.05) is 6.20 Å². The van der Waals surface area contributed by atoms with Crippen LogP contribution in [-0.2, 0) is 12.4 Å². The summed E-state index contributed by atoms with van der Waals surface area (Å²) in [6, 6.07) is 10.5. The van der Waals surface area contributed by atoms with Crippen molar-refractivity contribution in [2.45, 2.75) is 12.4 Å². The molecule has 0 amide bonds. The molecule has 0 saturated carbocycles. The number of benzene rings is 1. The van der Waals surface area contributed by atoms with E-state index in [0.29, 0.717) is 23.4 Å². The Morgan fingerprint density at radius 2 is 2.05 bits per heavy atom. The van der Waals surface area contributed by atoms with E-state index >= 15 is 0 Å². The molecule has 3 aromatic rings. The lowest BCUT2D eigenvalue weighted by Crippen LogP contribution is -2.06. The van der Waals surface area contributed by atoms with Gasteiger partial charge < -0.3 is 4.57 Å². The highest BCUT2D eigenvalue weighted by molar-refractivity contribution is 6.16. The van der Waals surface area contributed by atoms with E-state index in [9.17, 15) is 4.39 Å². The van der Waals surface area contributed by atoms with Crippen LogP contribution in [0.15, 0.2) is 42.6 Å². The van der Waals surface area contributed by atoms with Crippen molar-refractivity contribution in [3.8, 4) is 0 Å². The van der Waals surface area contributed by atoms with Crippen LogP contribution in [0.5, 0.6) is 0 Å². The molecule has 0 atom stereocenters. The first-order valence-corrected chi connectivity index (χ1v) is 6.42. The van der Waals surface area contributed by atoms with Crippen LogP contribution in [0, 0.1) is 5.82 Å². The summed E-state index contributed by atoms with van der Waals surface area (Å²) >= 11 is 5.90. The Balaban J connectivity index is 2.16. The predicted molar refractivity (Wildman–Crippen MR) is 72.6 cm³/mol. The Kier molecular flexibility index (Phi) is 3.17. The molecule has 0 aliphatic rings. The third-order valence-electron chi connectivity index (χ3n) is 2.96. The second kappa shape index (κ2) is 4.97. The summed E-state index contributed by atoms with van der Waals surface area (Å²) in [6.07, 6.45) is 1.71. The van der Waals surface area contributed by atoms with Crippen molar-refractivity contribution < 1.29 is 4.39 Å². The molecule has 0 aliphatic carbocycles. The Morgan fingerprint density at radius 1 is 1.16 bits per heavy atom. The molecule has 1 aromatic carbocycles. The number of imidazole rings is 1. The van der Waals surface area contributed by atoms with Crippen molar-refractivity contribution in [2.75, 3.05) is 0 Å². The molecule has 3 nitrogen and oxygen atoms in total. The number of para-hydroxylation sites is 1. The minimum Gasteiger partial charge on any atom is -0.318 e. The molecular weight excluding hydrogens is 265 g/mol. The first kappa shape index (κ1) is 12.1. The monoisotopic (exact) mass is 275 g/mol. The maximum atomic E-state index is 14.0. The van der Waals surface area contributed by atoms with Crippen LogP contribution >= 0.6 is 11.6 Å². The molecule has 2 heterocycles. The lowest BCUT2D eigenvalue weighted by Gasteiger charge is -2.07. The molecule has 0 spiro atoms. The molecule has 0 radical (unpaired) electrons. The highest BCUT2D eigenvalue weighted by Gasteiger charge is 2.14. The molecule has 0 bridgehead atoms. The topological polar surface area (TPSA) is 30.7 Å². The maximum Gasteiger partial charge on any atom is 0.149 e. The van der Waals surface area contributed by atoms with E-state index in [2.05, 4.69) is 9.97 Å². The summed E-state index contributed by atoms with van der Waals surface area (Å²) in [5.41, 5.74) is 1.94. The van der Waals surface area contributed by atoms with Crippen molar-refractivity contribution in [1.29, 1.82) is 0 Å². The van der Waals surface area contributed by atoms with Crippen LogP contribution in [0.3, 0.4) is 0 Å². The average Bonchev–Trinajstić information content (AvgIpc) is 2.79. The second-order valence-electron chi connectivity index (χ2n) is 4.18. The number of alkyl halides is 1. The number of rotatable bonds is 3. The molecule has 0 aliphatic heterocycles. The molecule has 0 N–H and O–H groups in total. The van der Waals surface area contributed by atoms with Gasteiger partial charge in [0.2, 0.25) is 0 Å². The zero-order chi connectivity index (χ0) is 13.2. The summed E-state index contributed by atoms with van der Waals surface area (Å²) in [5.74, 6) is 0.589. The fraction of sp³-hybridized carbons (Fsp3) is 0.143. The van der Waals surface area contributed by atoms with Gasteiger partial charge in [-0.3, -0.25) is 4.98 Å². The largest absolute Gasteiger partial charge is 0.318 e. The van der Waals surface area contributed by atoms with Gasteiger partial charge in [-0.1, -0.05) is 12.1 Å². The van der Waals surface area contributed by atoms with Crippen molar-refractivity contribution in [3.05, 3.63) is 59.9 Å². The SMILES string of the molecule is Fc1cccc2nc(CCl)n(Cc3ccccn3)c12. The quantitative estimate of drug-likeness (QED) is 0.686. The summed E-state index contributed by atoms with van der Waals surface area (Å²) in [7, 11) is 0. The third kappa shape index (κ3) is 2.19. The fourth-order valence-corrected chi connectivity index (χ4v) is 2.32. The summed E-state index contributed by atoms with van der Waals surface area (Å²) in [4.78, 5) is 8.60. The van der Waals surface area contributed by atoms with Crippen molar-refractivity contribution in [2.24, 2.45) is 0 Å². The number of pyridine rings is 1. The minimum atomic E-state index is -0.294. The summed E-state index contributed by atoms with van der Waals surface area (Å²) in [5, 5.41) is 0. The van der Waals surface area contributed by atoms with Gasteiger partial charge in [0.1, 0.15) is 17.2 Å². The van der Waals surface area contributed by atoms with E-state index in [1.54, 1.807) is 22.9 Å². The number of fused-ring (bicyclic) bond motifs is 1. The average molecular weight is 276 g/mol. The lowest BCUT2D eigenvalue weighted by atomic mass is 10.3. The van der Waals surface area contributed by atoms with Gasteiger partial charge in [-0.05, 0) is 24.3 Å². The molecule has 3 rings (SSSR count). The third-order valence-corrected chi connectivity index (χ3v) is 3.20. The maximum absolute atomic E-state index is 14.0. The number of hydrogen-bond donors (Lipinski definition) is 0. The van der Waals surface area contributed by atoms with Crippen LogP contribution in [-0.4, -0.2) is 14.5 Å². The van der Waals surface area contributed by atoms with Crippen molar-refractivity contribution >= 4 is 22.6 Å². The van der Waals surface area contributed by atoms with Gasteiger partial charge in [0.15, 0.2) is 0 Å². The standard InChI is InChI=1S/C14H11ClFN3/c15-8-13-18-12-6-3-5-11(16)14(12)19(13)9-10-4-1-2-7-17-10/h1-7H,8-9H2. The zero-order valence-electron chi connectivity index (χ0n) is 10.1. The number of aromatic nitrogens is 3. The number of halogens is 2. The minimum absolute atomic E-state index is 0.237. The molecule has 0 fully saturated rings. The normalized spacial score (nSPS) is 11.1. The van der Waals surface area contributed by atoms with E-state index in [-0.39, 0.29) is 11.7 Å². The molecular formula is C14H11ClFN3. The Labute approximate surface area is 114 Å². The van der Waals surface area contributed by atoms with Crippen LogP contribution in [0.25, 0.3) is 11.0 Å². The highest BCUT2D eigenvalue weighted by atomic mass is 35.5. The lowest BCUT2D eigenvalue weighted by molar-refractivity contribution is 0.625. The number of nitrogens with zero attached hydrogens (tertiary/aromatic N) is 3. The second-order valence-corrected chi connectivity index (χ2v) is 4.44. The van der Waals surface area contributed by atoms with Crippen LogP contribution in [0.1, 0.15) is 11.5 Å². The molecule has 0 saturated heterocycles. The van der Waals surface area contributed by atoms with E-state index in [4.69, 9.17) is 11.6 Å². The van der Waals surface area contributed by atoms with E-state index in [1.165, 1.54) is 6.07 Å². The van der Waals surface area contributed by atoms with Crippen LogP contribution in [0.4, 0.5) is 4.39 Å². The summed E-state index contributed by atoms with van der Waals surface area (Å²) < 4.78 is 15.8. The highest BCUT2D eigenvalue weighted by Crippen LogP contribution is 2.21. The predicted octanol–water partition coefficient (Wildman–Crippen LogP) is 3.36. The Hall–Kier alpha value is -1.94. The van der Waals surface area contributed by atoms with Gasteiger partial charge >= 0.3 is 0 Å². The molecule has 19 heavy (non-hydrogen) atoms. The molecule has 2 aromatic heterocycles. The Bertz CT molecular complexity index is 709. The molecule has 5 heteroatoms. The fourth-order valence-electron chi connectivity index (χ4n) is 2.12. The van der Waals surface area contributed by atoms with Gasteiger partial charge in [-0.2, -0.15) is 0 Å². The van der Waals surface area contributed by atoms with Gasteiger partial charge in [-0.15, -0.1) is 11.6 Å². The molecule has 96 valence electrons. The van der Waals surface area contributed by atoms with Gasteiger partial charge in [0.05, 0.1) is 23.6 Å². The van der Waals surface area contributed by atoms with Crippen molar-refractivity contribution in [1.82, 2.24) is 14.5 Å². The Morgan fingerprint density at radius 3 is 2.79 bits per heavy atom. The number of hydrogen-bond acceptors (Lipinski definition) is 2. The smallest absolute Gasteiger partial charge is 0.149 e. The first-order chi connectivity index (χ1) is 9.29. The van der Waals surface area contributed by atoms with Crippen LogP contribution in [0.2, 0.25) is 0 Å². The van der Waals surface area contributed by atoms with Gasteiger partial charge in [-0.25, -0.2) is 9.37 Å². The zero-order valence-corrected chi connectivity index (χ0v) is 10.8. The van der Waals surface area contributed by atoms with Crippen molar-refractivity contribution in [3.63, 3.8) is 0 Å². The first-order valence-electron chi connectivity index (χ1n) is 5.89. The van der Waals surface area contributed by atoms with E-state index in [0.717, 1.165) is 5.69 Å². The van der Waals surface area contributed by atoms with Crippen LogP contribution < -0.4 is 0 Å². The molecule has 0 unspecified atom stereocenters. The van der Waals surface area contributed by atoms with E-state index < -0.39 is 0 Å². The summed E-state index contributed by atoms with van der Waals surface area (Å²) in [6.45, 7) is 0.459.